The number of nitrogens with zero attached hydrogens (tertiary/aromatic N) is 1. The molecule has 0 aromatic heterocycles. The predicted octanol–water partition coefficient (Wildman–Crippen LogP) is 3.75. The molecule has 0 atom stereocenters. The standard InChI is InChI=1S/C15H22N2/c1-7-8-9-10-15(11(2)3)12(4)13(5)17-14(6)16/h7-9,11H,4-5H2,1-3,6H3,(H2,16,17)/b8-7-. The summed E-state index contributed by atoms with van der Waals surface area (Å²) in [5.74, 6) is 0.797. The third kappa shape index (κ3) is 5.74. The number of hydrogen-bond acceptors (Lipinski definition) is 1. The van der Waals surface area contributed by atoms with Crippen molar-refractivity contribution in [2.75, 3.05) is 0 Å². The Morgan fingerprint density at radius 2 is 1.94 bits per heavy atom. The predicted molar refractivity (Wildman–Crippen MR) is 76.8 cm³/mol. The van der Waals surface area contributed by atoms with E-state index >= 15 is 0 Å². The molecule has 0 aliphatic rings. The number of amidine groups is 1. The SMILES string of the molecule is C=C(/N=C(\C)N)C(=C)C(=C=C/C=C\C)C(C)C. The van der Waals surface area contributed by atoms with Crippen molar-refractivity contribution >= 4 is 5.84 Å². The molecule has 0 heterocycles. The lowest BCUT2D eigenvalue weighted by atomic mass is 9.95. The van der Waals surface area contributed by atoms with Gasteiger partial charge in [0, 0.05) is 11.1 Å². The van der Waals surface area contributed by atoms with E-state index in [1.807, 2.05) is 25.2 Å². The second-order valence-corrected chi connectivity index (χ2v) is 4.08. The van der Waals surface area contributed by atoms with Crippen LogP contribution in [0.15, 0.2) is 59.0 Å². The van der Waals surface area contributed by atoms with Crippen molar-refractivity contribution in [3.05, 3.63) is 54.0 Å². The van der Waals surface area contributed by atoms with Crippen molar-refractivity contribution in [2.45, 2.75) is 27.7 Å². The topological polar surface area (TPSA) is 38.4 Å². The van der Waals surface area contributed by atoms with E-state index in [-0.39, 0.29) is 0 Å². The first-order valence-corrected chi connectivity index (χ1v) is 5.67. The minimum Gasteiger partial charge on any atom is -0.387 e. The summed E-state index contributed by atoms with van der Waals surface area (Å²) in [6.45, 7) is 15.7. The van der Waals surface area contributed by atoms with Crippen LogP contribution in [-0.4, -0.2) is 5.84 Å². The lowest BCUT2D eigenvalue weighted by molar-refractivity contribution is 0.782. The average Bonchev–Trinajstić information content (AvgIpc) is 2.22. The zero-order chi connectivity index (χ0) is 13.4. The Morgan fingerprint density at radius 3 is 2.35 bits per heavy atom. The summed E-state index contributed by atoms with van der Waals surface area (Å²) in [6.07, 6.45) is 5.74. The number of allylic oxidation sites excluding steroid dienone is 3. The summed E-state index contributed by atoms with van der Waals surface area (Å²) in [4.78, 5) is 4.12. The first-order valence-electron chi connectivity index (χ1n) is 5.67. The monoisotopic (exact) mass is 230 g/mol. The molecule has 2 heteroatoms. The van der Waals surface area contributed by atoms with Crippen LogP contribution in [-0.2, 0) is 0 Å². The van der Waals surface area contributed by atoms with Gasteiger partial charge in [-0.3, -0.25) is 0 Å². The molecule has 0 saturated heterocycles. The summed E-state index contributed by atoms with van der Waals surface area (Å²) in [6, 6.07) is 0. The Kier molecular flexibility index (Phi) is 6.69. The molecule has 0 aromatic rings. The van der Waals surface area contributed by atoms with Crippen LogP contribution in [0.1, 0.15) is 27.7 Å². The van der Waals surface area contributed by atoms with Gasteiger partial charge in [0.1, 0.15) is 0 Å². The summed E-state index contributed by atoms with van der Waals surface area (Å²) in [7, 11) is 0. The van der Waals surface area contributed by atoms with E-state index in [0.29, 0.717) is 17.5 Å². The molecule has 0 aliphatic carbocycles. The lowest BCUT2D eigenvalue weighted by Crippen LogP contribution is -2.06. The van der Waals surface area contributed by atoms with E-state index in [1.165, 1.54) is 0 Å². The Bertz CT molecular complexity index is 410. The van der Waals surface area contributed by atoms with Gasteiger partial charge in [-0.1, -0.05) is 39.2 Å². The lowest BCUT2D eigenvalue weighted by Gasteiger charge is -2.11. The minimum atomic E-state index is 0.314. The molecule has 0 saturated carbocycles. The number of aliphatic imine (C=N–C) groups is 1. The number of nitrogens with two attached hydrogens (primary N) is 1. The van der Waals surface area contributed by atoms with Gasteiger partial charge in [0.15, 0.2) is 0 Å². The summed E-state index contributed by atoms with van der Waals surface area (Å²) < 4.78 is 0. The highest BCUT2D eigenvalue weighted by Crippen LogP contribution is 2.23. The molecule has 2 nitrogen and oxygen atoms in total. The van der Waals surface area contributed by atoms with Crippen molar-refractivity contribution in [2.24, 2.45) is 16.6 Å². The summed E-state index contributed by atoms with van der Waals surface area (Å²) >= 11 is 0. The zero-order valence-corrected chi connectivity index (χ0v) is 11.2. The maximum Gasteiger partial charge on any atom is 0.0964 e. The Balaban J connectivity index is 5.25. The molecule has 17 heavy (non-hydrogen) atoms. The molecule has 0 radical (unpaired) electrons. The average molecular weight is 230 g/mol. The maximum atomic E-state index is 5.53. The smallest absolute Gasteiger partial charge is 0.0964 e. The quantitative estimate of drug-likeness (QED) is 0.332. The van der Waals surface area contributed by atoms with Gasteiger partial charge >= 0.3 is 0 Å². The van der Waals surface area contributed by atoms with E-state index < -0.39 is 0 Å². The van der Waals surface area contributed by atoms with Crippen LogP contribution in [0, 0.1) is 5.92 Å². The second kappa shape index (κ2) is 7.48. The molecule has 0 rings (SSSR count). The van der Waals surface area contributed by atoms with Gasteiger partial charge < -0.3 is 5.73 Å². The van der Waals surface area contributed by atoms with Crippen LogP contribution in [0.4, 0.5) is 0 Å². The van der Waals surface area contributed by atoms with Crippen LogP contribution in [0.25, 0.3) is 0 Å². The Labute approximate surface area is 105 Å². The van der Waals surface area contributed by atoms with Crippen LogP contribution in [0.5, 0.6) is 0 Å². The van der Waals surface area contributed by atoms with E-state index in [2.05, 4.69) is 37.7 Å². The first kappa shape index (κ1) is 15.2. The van der Waals surface area contributed by atoms with Gasteiger partial charge in [-0.15, -0.1) is 5.73 Å². The molecule has 0 aromatic carbocycles. The third-order valence-electron chi connectivity index (χ3n) is 2.09. The highest BCUT2D eigenvalue weighted by Gasteiger charge is 2.09. The highest BCUT2D eigenvalue weighted by molar-refractivity contribution is 5.79. The summed E-state index contributed by atoms with van der Waals surface area (Å²) in [5.41, 5.74) is 11.1. The third-order valence-corrected chi connectivity index (χ3v) is 2.09. The molecule has 0 amide bonds. The molecule has 0 spiro atoms. The maximum absolute atomic E-state index is 5.53. The van der Waals surface area contributed by atoms with Crippen molar-refractivity contribution in [3.8, 4) is 0 Å². The fourth-order valence-electron chi connectivity index (χ4n) is 1.27. The first-order chi connectivity index (χ1) is 7.90. The zero-order valence-electron chi connectivity index (χ0n) is 11.2. The van der Waals surface area contributed by atoms with Gasteiger partial charge in [-0.2, -0.15) is 0 Å². The van der Waals surface area contributed by atoms with Gasteiger partial charge in [0.25, 0.3) is 0 Å². The van der Waals surface area contributed by atoms with Crippen molar-refractivity contribution in [1.29, 1.82) is 0 Å². The van der Waals surface area contributed by atoms with E-state index in [4.69, 9.17) is 5.73 Å². The summed E-state index contributed by atoms with van der Waals surface area (Å²) in [5, 5.41) is 0. The molecule has 2 N–H and O–H groups in total. The van der Waals surface area contributed by atoms with E-state index in [9.17, 15) is 0 Å². The number of rotatable bonds is 5. The fraction of sp³-hybridized carbons (Fsp3) is 0.333. The van der Waals surface area contributed by atoms with Crippen molar-refractivity contribution < 1.29 is 0 Å². The van der Waals surface area contributed by atoms with Gasteiger partial charge in [0.2, 0.25) is 0 Å². The van der Waals surface area contributed by atoms with Crippen LogP contribution >= 0.6 is 0 Å². The van der Waals surface area contributed by atoms with Gasteiger partial charge in [-0.25, -0.2) is 4.99 Å². The van der Waals surface area contributed by atoms with Gasteiger partial charge in [-0.05, 0) is 25.8 Å². The van der Waals surface area contributed by atoms with Crippen molar-refractivity contribution in [3.63, 3.8) is 0 Å². The molecular weight excluding hydrogens is 208 g/mol. The minimum absolute atomic E-state index is 0.314. The van der Waals surface area contributed by atoms with Crippen LogP contribution in [0.2, 0.25) is 0 Å². The molecule has 0 aliphatic heterocycles. The van der Waals surface area contributed by atoms with Crippen molar-refractivity contribution in [1.82, 2.24) is 0 Å². The molecule has 92 valence electrons. The van der Waals surface area contributed by atoms with Gasteiger partial charge in [0.05, 0.1) is 11.5 Å². The fourth-order valence-corrected chi connectivity index (χ4v) is 1.27. The molecular formula is C15H22N2. The van der Waals surface area contributed by atoms with Crippen LogP contribution < -0.4 is 5.73 Å². The Hall–Kier alpha value is -1.79. The molecule has 0 bridgehead atoms. The highest BCUT2D eigenvalue weighted by atomic mass is 14.9. The van der Waals surface area contributed by atoms with E-state index in [1.54, 1.807) is 6.92 Å². The molecule has 0 fully saturated rings. The van der Waals surface area contributed by atoms with Crippen LogP contribution in [0.3, 0.4) is 0 Å². The normalized spacial score (nSPS) is 11.5. The Morgan fingerprint density at radius 1 is 1.35 bits per heavy atom. The van der Waals surface area contributed by atoms with E-state index in [0.717, 1.165) is 11.1 Å². The number of hydrogen-bond donors (Lipinski definition) is 1. The second-order valence-electron chi connectivity index (χ2n) is 4.08. The molecule has 0 unspecified atom stereocenters. The largest absolute Gasteiger partial charge is 0.387 e.